The fraction of sp³-hybridized carbons (Fsp3) is 0.136. The minimum atomic E-state index is -0.0195. The zero-order valence-electron chi connectivity index (χ0n) is 15.0. The number of H-pyrrole nitrogens is 1. The lowest BCUT2D eigenvalue weighted by molar-refractivity contribution is -0.113. The molecule has 1 aromatic heterocycles. The van der Waals surface area contributed by atoms with Crippen molar-refractivity contribution in [1.82, 2.24) is 4.98 Å². The van der Waals surface area contributed by atoms with Gasteiger partial charge in [-0.25, -0.2) is 0 Å². The average Bonchev–Trinajstić information content (AvgIpc) is 3.09. The zero-order chi connectivity index (χ0) is 19.1. The van der Waals surface area contributed by atoms with Gasteiger partial charge in [0.2, 0.25) is 0 Å². The van der Waals surface area contributed by atoms with Crippen molar-refractivity contribution in [2.24, 2.45) is 0 Å². The summed E-state index contributed by atoms with van der Waals surface area (Å²) in [7, 11) is 0. The van der Waals surface area contributed by atoms with Gasteiger partial charge in [-0.15, -0.1) is 0 Å². The first-order chi connectivity index (χ1) is 12.9. The molecule has 0 unspecified atom stereocenters. The van der Waals surface area contributed by atoms with Crippen molar-refractivity contribution in [1.29, 1.82) is 0 Å². The summed E-state index contributed by atoms with van der Waals surface area (Å²) >= 11 is 12.2. The topological polar surface area (TPSA) is 36.1 Å². The van der Waals surface area contributed by atoms with E-state index in [1.54, 1.807) is 17.0 Å². The van der Waals surface area contributed by atoms with Crippen LogP contribution in [0.2, 0.25) is 10.0 Å². The molecule has 3 aromatic rings. The number of halogens is 2. The van der Waals surface area contributed by atoms with E-state index in [9.17, 15) is 4.79 Å². The molecule has 1 aliphatic rings. The van der Waals surface area contributed by atoms with Gasteiger partial charge in [-0.3, -0.25) is 4.79 Å². The van der Waals surface area contributed by atoms with E-state index in [2.05, 4.69) is 11.1 Å². The number of fused-ring (bicyclic) bond motifs is 1. The van der Waals surface area contributed by atoms with Gasteiger partial charge in [0.1, 0.15) is 0 Å². The molecule has 136 valence electrons. The van der Waals surface area contributed by atoms with E-state index in [0.717, 1.165) is 33.8 Å². The minimum Gasteiger partial charge on any atom is -0.359 e. The SMILES string of the molecule is Cc1cc(C)c(C=C2C(=O)N(Cc3ccc(Cl)c(Cl)c3)c3ccccc32)[nH]1. The summed E-state index contributed by atoms with van der Waals surface area (Å²) in [6, 6.07) is 15.4. The van der Waals surface area contributed by atoms with Crippen LogP contribution in [0.3, 0.4) is 0 Å². The molecule has 0 fully saturated rings. The first-order valence-electron chi connectivity index (χ1n) is 8.67. The van der Waals surface area contributed by atoms with Crippen molar-refractivity contribution in [2.75, 3.05) is 4.90 Å². The quantitative estimate of drug-likeness (QED) is 0.539. The summed E-state index contributed by atoms with van der Waals surface area (Å²) in [6.45, 7) is 4.48. The van der Waals surface area contributed by atoms with Gasteiger partial charge in [0.15, 0.2) is 0 Å². The second kappa shape index (κ2) is 6.91. The molecular weight excluding hydrogens is 379 g/mol. The predicted molar refractivity (Wildman–Crippen MR) is 112 cm³/mol. The number of para-hydroxylation sites is 1. The van der Waals surface area contributed by atoms with Crippen molar-refractivity contribution >= 4 is 46.4 Å². The van der Waals surface area contributed by atoms with Crippen LogP contribution < -0.4 is 4.90 Å². The summed E-state index contributed by atoms with van der Waals surface area (Å²) in [5.74, 6) is -0.0195. The van der Waals surface area contributed by atoms with Crippen molar-refractivity contribution in [2.45, 2.75) is 20.4 Å². The van der Waals surface area contributed by atoms with E-state index < -0.39 is 0 Å². The summed E-state index contributed by atoms with van der Waals surface area (Å²) in [6.07, 6.45) is 1.94. The molecule has 1 aliphatic heterocycles. The number of benzene rings is 2. The molecule has 0 saturated carbocycles. The fourth-order valence-corrected chi connectivity index (χ4v) is 3.79. The number of nitrogens with zero attached hydrogens (tertiary/aromatic N) is 1. The molecule has 0 bridgehead atoms. The van der Waals surface area contributed by atoms with Gasteiger partial charge in [-0.05, 0) is 55.3 Å². The number of aromatic nitrogens is 1. The largest absolute Gasteiger partial charge is 0.359 e. The van der Waals surface area contributed by atoms with Crippen LogP contribution in [0.1, 0.15) is 28.1 Å². The maximum atomic E-state index is 13.2. The van der Waals surface area contributed by atoms with Gasteiger partial charge in [0, 0.05) is 17.0 Å². The summed E-state index contributed by atoms with van der Waals surface area (Å²) < 4.78 is 0. The molecule has 0 atom stereocenters. The van der Waals surface area contributed by atoms with E-state index >= 15 is 0 Å². The monoisotopic (exact) mass is 396 g/mol. The molecule has 2 aromatic carbocycles. The number of carbonyl (C=O) groups excluding carboxylic acids is 1. The lowest BCUT2D eigenvalue weighted by Crippen LogP contribution is -2.25. The maximum absolute atomic E-state index is 13.2. The van der Waals surface area contributed by atoms with Gasteiger partial charge < -0.3 is 9.88 Å². The molecule has 1 amide bonds. The minimum absolute atomic E-state index is 0.0195. The molecule has 4 rings (SSSR count). The van der Waals surface area contributed by atoms with E-state index in [1.165, 1.54) is 0 Å². The normalized spacial score (nSPS) is 14.9. The average molecular weight is 397 g/mol. The van der Waals surface area contributed by atoms with Crippen LogP contribution in [-0.2, 0) is 11.3 Å². The number of hydrogen-bond donors (Lipinski definition) is 1. The van der Waals surface area contributed by atoms with Crippen LogP contribution in [0.4, 0.5) is 5.69 Å². The number of aryl methyl sites for hydroxylation is 2. The van der Waals surface area contributed by atoms with Gasteiger partial charge >= 0.3 is 0 Å². The van der Waals surface area contributed by atoms with Gasteiger partial charge in [-0.2, -0.15) is 0 Å². The van der Waals surface area contributed by atoms with Crippen LogP contribution in [0.25, 0.3) is 11.6 Å². The Bertz CT molecular complexity index is 1080. The Morgan fingerprint density at radius 2 is 1.81 bits per heavy atom. The third kappa shape index (κ3) is 3.29. The van der Waals surface area contributed by atoms with Crippen LogP contribution >= 0.6 is 23.2 Å². The third-order valence-corrected chi connectivity index (χ3v) is 5.50. The molecule has 1 N–H and O–H groups in total. The summed E-state index contributed by atoms with van der Waals surface area (Å²) in [5.41, 5.74) is 6.62. The second-order valence-corrected chi connectivity index (χ2v) is 7.58. The van der Waals surface area contributed by atoms with Crippen LogP contribution in [0.15, 0.2) is 48.5 Å². The molecule has 0 aliphatic carbocycles. The number of aromatic amines is 1. The van der Waals surface area contributed by atoms with Gasteiger partial charge in [0.25, 0.3) is 5.91 Å². The van der Waals surface area contributed by atoms with Crippen LogP contribution in [-0.4, -0.2) is 10.9 Å². The fourth-order valence-electron chi connectivity index (χ4n) is 3.47. The standard InChI is InChI=1S/C22H18Cl2N2O/c1-13-9-14(2)25-20(13)11-17-16-5-3-4-6-21(16)26(22(17)27)12-15-7-8-18(23)19(24)10-15/h3-11,25H,12H2,1-2H3. The number of hydrogen-bond acceptors (Lipinski definition) is 1. The Morgan fingerprint density at radius 3 is 2.52 bits per heavy atom. The van der Waals surface area contributed by atoms with E-state index in [1.807, 2.05) is 50.3 Å². The number of amides is 1. The number of nitrogens with one attached hydrogen (secondary N) is 1. The van der Waals surface area contributed by atoms with Crippen molar-refractivity contribution in [3.05, 3.63) is 86.7 Å². The molecule has 0 spiro atoms. The zero-order valence-corrected chi connectivity index (χ0v) is 16.5. The Balaban J connectivity index is 1.75. The molecule has 2 heterocycles. The third-order valence-electron chi connectivity index (χ3n) is 4.76. The second-order valence-electron chi connectivity index (χ2n) is 6.76. The van der Waals surface area contributed by atoms with Crippen molar-refractivity contribution < 1.29 is 4.79 Å². The highest BCUT2D eigenvalue weighted by molar-refractivity contribution is 6.42. The van der Waals surface area contributed by atoms with Gasteiger partial charge in [-0.1, -0.05) is 47.5 Å². The first-order valence-corrected chi connectivity index (χ1v) is 9.43. The molecule has 5 heteroatoms. The Morgan fingerprint density at radius 1 is 1.04 bits per heavy atom. The number of anilines is 1. The van der Waals surface area contributed by atoms with Gasteiger partial charge in [0.05, 0.1) is 27.9 Å². The highest BCUT2D eigenvalue weighted by Gasteiger charge is 2.32. The number of rotatable bonds is 3. The van der Waals surface area contributed by atoms with Crippen LogP contribution in [0, 0.1) is 13.8 Å². The smallest absolute Gasteiger partial charge is 0.259 e. The molecule has 27 heavy (non-hydrogen) atoms. The van der Waals surface area contributed by atoms with Crippen molar-refractivity contribution in [3.63, 3.8) is 0 Å². The number of carbonyl (C=O) groups is 1. The van der Waals surface area contributed by atoms with E-state index in [-0.39, 0.29) is 5.91 Å². The summed E-state index contributed by atoms with van der Waals surface area (Å²) in [5, 5.41) is 0.995. The van der Waals surface area contributed by atoms with E-state index in [0.29, 0.717) is 22.2 Å². The Hall–Kier alpha value is -2.49. The lowest BCUT2D eigenvalue weighted by atomic mass is 10.1. The van der Waals surface area contributed by atoms with Crippen LogP contribution in [0.5, 0.6) is 0 Å². The highest BCUT2D eigenvalue weighted by atomic mass is 35.5. The molecule has 3 nitrogen and oxygen atoms in total. The Kier molecular flexibility index (Phi) is 4.58. The predicted octanol–water partition coefficient (Wildman–Crippen LogP) is 6.03. The first kappa shape index (κ1) is 17.9. The summed E-state index contributed by atoms with van der Waals surface area (Å²) in [4.78, 5) is 18.3. The Labute approximate surface area is 168 Å². The molecule has 0 radical (unpaired) electrons. The molecule has 0 saturated heterocycles. The van der Waals surface area contributed by atoms with E-state index in [4.69, 9.17) is 23.2 Å². The molecular formula is C22H18Cl2N2O. The van der Waals surface area contributed by atoms with Crippen molar-refractivity contribution in [3.8, 4) is 0 Å². The lowest BCUT2D eigenvalue weighted by Gasteiger charge is -2.17. The maximum Gasteiger partial charge on any atom is 0.259 e. The highest BCUT2D eigenvalue weighted by Crippen LogP contribution is 2.39.